The Balaban J connectivity index is 1.36. The molecule has 0 spiro atoms. The number of halogens is 1. The van der Waals surface area contributed by atoms with Gasteiger partial charge in [0.1, 0.15) is 0 Å². The van der Waals surface area contributed by atoms with Gasteiger partial charge in [0.2, 0.25) is 5.28 Å². The van der Waals surface area contributed by atoms with E-state index in [-0.39, 0.29) is 44.3 Å². The number of para-hydroxylation sites is 3. The van der Waals surface area contributed by atoms with Crippen LogP contribution in [-0.4, -0.2) is 27.6 Å². The van der Waals surface area contributed by atoms with Crippen molar-refractivity contribution < 1.29 is 16.4 Å². The lowest BCUT2D eigenvalue weighted by Crippen LogP contribution is -2.74. The normalized spacial score (nSPS) is 14.9. The van der Waals surface area contributed by atoms with Crippen LogP contribution < -0.4 is 20.7 Å². The molecule has 2 aromatic heterocycles. The van der Waals surface area contributed by atoms with E-state index >= 15 is 0 Å². The number of hydrogen-bond acceptors (Lipinski definition) is 3. The topological polar surface area (TPSA) is 43.6 Å². The quantitative estimate of drug-likeness (QED) is 0.124. The third kappa shape index (κ3) is 5.26. The number of fused-ring (bicyclic) bond motifs is 3. The summed E-state index contributed by atoms with van der Waals surface area (Å²) in [6, 6.07) is 30.5. The average Bonchev–Trinajstić information content (AvgIpc) is 3.66. The molecule has 0 atom stereocenters. The lowest BCUT2D eigenvalue weighted by molar-refractivity contribution is 1.06. The summed E-state index contributed by atoms with van der Waals surface area (Å²) >= 11 is 6.71. The molecule has 4 nitrogen and oxygen atoms in total. The second-order valence-electron chi connectivity index (χ2n) is 11.7. The molecule has 0 N–H and O–H groups in total. The Kier molecular flexibility index (Phi) is 5.21. The standard InChI is InChI=1S/C45H31ClN4Si/c46-45-48-43(47-44(49-45)39-27-12-15-30-42(39)50-40-28-13-10-25-37(40)38-26-11-14-29-41(38)50)32-17-16-24-36(31-32)51(33-18-4-1-5-19-33,34-20-6-2-7-21-34)35-22-8-3-9-23-35/h1-31H/i10D,11D,12D,13D,14D,15D,25D,26D,27D,28D,29D,30D. The second kappa shape index (κ2) is 13.0. The maximum Gasteiger partial charge on any atom is 0.226 e. The molecule has 6 heteroatoms. The first kappa shape index (κ1) is 20.5. The number of hydrogen-bond donors (Lipinski definition) is 0. The predicted octanol–water partition coefficient (Wildman–Crippen LogP) is 8.33. The fraction of sp³-hybridized carbons (Fsp3) is 0. The van der Waals surface area contributed by atoms with Crippen molar-refractivity contribution in [3.63, 3.8) is 0 Å². The van der Waals surface area contributed by atoms with E-state index in [1.165, 1.54) is 0 Å². The molecular formula is C45H31ClN4Si. The number of aromatic nitrogens is 4. The van der Waals surface area contributed by atoms with E-state index in [9.17, 15) is 2.74 Å². The molecule has 51 heavy (non-hydrogen) atoms. The minimum Gasteiger partial charge on any atom is -0.309 e. The zero-order valence-corrected chi connectivity index (χ0v) is 28.4. The highest BCUT2D eigenvalue weighted by Crippen LogP contribution is 2.35. The summed E-state index contributed by atoms with van der Waals surface area (Å²) in [6.45, 7) is 0. The lowest BCUT2D eigenvalue weighted by atomic mass is 10.1. The summed E-state index contributed by atoms with van der Waals surface area (Å²) in [6.07, 6.45) is 0. The lowest BCUT2D eigenvalue weighted by Gasteiger charge is -2.34. The van der Waals surface area contributed by atoms with E-state index in [0.29, 0.717) is 5.56 Å². The number of nitrogens with zero attached hydrogens (tertiary/aromatic N) is 4. The van der Waals surface area contributed by atoms with Gasteiger partial charge in [-0.05, 0) is 56.5 Å². The zero-order valence-electron chi connectivity index (χ0n) is 38.6. The van der Waals surface area contributed by atoms with Gasteiger partial charge in [0.25, 0.3) is 0 Å². The smallest absolute Gasteiger partial charge is 0.226 e. The van der Waals surface area contributed by atoms with Crippen LogP contribution in [0.15, 0.2) is 188 Å². The maximum absolute atomic E-state index is 9.31. The van der Waals surface area contributed by atoms with Crippen molar-refractivity contribution in [3.8, 4) is 28.5 Å². The van der Waals surface area contributed by atoms with Crippen molar-refractivity contribution in [3.05, 3.63) is 193 Å². The van der Waals surface area contributed by atoms with Crippen LogP contribution in [0.25, 0.3) is 50.3 Å². The Labute approximate surface area is 319 Å². The van der Waals surface area contributed by atoms with Crippen molar-refractivity contribution in [1.29, 1.82) is 0 Å². The molecular weight excluding hydrogens is 660 g/mol. The molecule has 0 aliphatic heterocycles. The fourth-order valence-corrected chi connectivity index (χ4v) is 11.8. The third-order valence-electron chi connectivity index (χ3n) is 8.93. The minimum absolute atomic E-state index is 0.0494. The molecule has 7 aromatic carbocycles. The first-order valence-corrected chi connectivity index (χ1v) is 18.4. The molecule has 242 valence electrons. The second-order valence-corrected chi connectivity index (χ2v) is 15.8. The molecule has 0 fully saturated rings. The van der Waals surface area contributed by atoms with Crippen LogP contribution in [0.3, 0.4) is 0 Å². The summed E-state index contributed by atoms with van der Waals surface area (Å²) in [5.41, 5.74) is -0.970. The van der Waals surface area contributed by atoms with Gasteiger partial charge in [0.05, 0.1) is 33.2 Å². The fourth-order valence-electron chi connectivity index (χ4n) is 6.83. The van der Waals surface area contributed by atoms with Crippen LogP contribution in [0.2, 0.25) is 5.28 Å². The van der Waals surface area contributed by atoms with Gasteiger partial charge in [-0.3, -0.25) is 0 Å². The molecule has 0 saturated heterocycles. The van der Waals surface area contributed by atoms with Crippen LogP contribution in [0.4, 0.5) is 0 Å². The van der Waals surface area contributed by atoms with E-state index in [2.05, 4.69) is 52.4 Å². The first-order chi connectivity index (χ1) is 30.2. The Hall–Kier alpha value is -6.14. The van der Waals surface area contributed by atoms with Gasteiger partial charge in [-0.1, -0.05) is 164 Å². The van der Waals surface area contributed by atoms with Crippen LogP contribution in [0.1, 0.15) is 16.4 Å². The van der Waals surface area contributed by atoms with Crippen LogP contribution >= 0.6 is 11.6 Å². The molecule has 0 aliphatic carbocycles. The van der Waals surface area contributed by atoms with Gasteiger partial charge in [-0.15, -0.1) is 0 Å². The monoisotopic (exact) mass is 702 g/mol. The summed E-state index contributed by atoms with van der Waals surface area (Å²) in [5, 5.41) is 3.44. The highest BCUT2D eigenvalue weighted by Gasteiger charge is 2.41. The van der Waals surface area contributed by atoms with Gasteiger partial charge in [0, 0.05) is 21.9 Å². The Morgan fingerprint density at radius 3 is 1.57 bits per heavy atom. The largest absolute Gasteiger partial charge is 0.309 e. The minimum atomic E-state index is -3.05. The van der Waals surface area contributed by atoms with E-state index < -0.39 is 86.3 Å². The van der Waals surface area contributed by atoms with E-state index in [0.717, 1.165) is 25.3 Å². The van der Waals surface area contributed by atoms with Crippen molar-refractivity contribution >= 4 is 62.2 Å². The Bertz CT molecular complexity index is 3160. The summed E-state index contributed by atoms with van der Waals surface area (Å²) in [5.74, 6) is -0.278. The summed E-state index contributed by atoms with van der Waals surface area (Å²) < 4.78 is 107. The maximum atomic E-state index is 9.31. The zero-order chi connectivity index (χ0) is 44.6. The van der Waals surface area contributed by atoms with Gasteiger partial charge >= 0.3 is 0 Å². The van der Waals surface area contributed by atoms with Crippen LogP contribution in [0.5, 0.6) is 0 Å². The molecule has 0 radical (unpaired) electrons. The third-order valence-corrected chi connectivity index (χ3v) is 13.9. The van der Waals surface area contributed by atoms with Crippen LogP contribution in [-0.2, 0) is 0 Å². The van der Waals surface area contributed by atoms with Crippen molar-refractivity contribution in [2.75, 3.05) is 0 Å². The number of benzene rings is 7. The van der Waals surface area contributed by atoms with E-state index in [1.54, 1.807) is 6.07 Å². The molecule has 0 unspecified atom stereocenters. The first-order valence-electron chi connectivity index (χ1n) is 22.0. The van der Waals surface area contributed by atoms with Crippen molar-refractivity contribution in [2.24, 2.45) is 0 Å². The predicted molar refractivity (Wildman–Crippen MR) is 214 cm³/mol. The molecule has 9 rings (SSSR count). The molecule has 0 saturated carbocycles. The Morgan fingerprint density at radius 1 is 0.490 bits per heavy atom. The molecule has 0 amide bonds. The van der Waals surface area contributed by atoms with Crippen molar-refractivity contribution in [1.82, 2.24) is 19.5 Å². The Morgan fingerprint density at radius 2 is 0.980 bits per heavy atom. The molecule has 2 heterocycles. The van der Waals surface area contributed by atoms with Gasteiger partial charge in [-0.2, -0.15) is 9.97 Å². The molecule has 0 aliphatic rings. The van der Waals surface area contributed by atoms with Crippen LogP contribution in [0, 0.1) is 0 Å². The average molecular weight is 703 g/mol. The SMILES string of the molecule is [2H]c1c([2H])c([2H])c(-n2c3c([2H])c([2H])c([2H])c([2H])c3c3c([2H])c([2H])c([2H])c([2H])c32)c(-c2nc(Cl)nc(-c3cccc([Si](c4ccccc4)(c4ccccc4)c4ccccc4)c3)n2)c1[2H]. The number of rotatable bonds is 7. The highest BCUT2D eigenvalue weighted by molar-refractivity contribution is 7.19. The van der Waals surface area contributed by atoms with Crippen molar-refractivity contribution in [2.45, 2.75) is 0 Å². The van der Waals surface area contributed by atoms with Gasteiger partial charge in [0.15, 0.2) is 19.7 Å². The van der Waals surface area contributed by atoms with Gasteiger partial charge in [-0.25, -0.2) is 4.98 Å². The van der Waals surface area contributed by atoms with Gasteiger partial charge < -0.3 is 4.57 Å². The van der Waals surface area contributed by atoms with E-state index in [4.69, 9.17) is 30.3 Å². The summed E-state index contributed by atoms with van der Waals surface area (Å²) in [7, 11) is -3.05. The molecule has 9 aromatic rings. The molecule has 0 bridgehead atoms. The highest BCUT2D eigenvalue weighted by atomic mass is 35.5. The summed E-state index contributed by atoms with van der Waals surface area (Å²) in [4.78, 5) is 13.7. The van der Waals surface area contributed by atoms with E-state index in [1.807, 2.05) is 66.7 Å².